The van der Waals surface area contributed by atoms with Gasteiger partial charge in [0.1, 0.15) is 0 Å². The fourth-order valence-electron chi connectivity index (χ4n) is 3.13. The number of rotatable bonds is 2. The van der Waals surface area contributed by atoms with Crippen molar-refractivity contribution in [1.82, 2.24) is 14.1 Å². The zero-order valence-electron chi connectivity index (χ0n) is 11.6. The molecule has 0 bridgehead atoms. The number of carbonyl (C=O) groups excluding carboxylic acids is 1. The number of nitrogens with zero attached hydrogens (tertiary/aromatic N) is 4. The molecule has 1 unspecified atom stereocenters. The van der Waals surface area contributed by atoms with Crippen LogP contribution in [0.4, 0.5) is 5.69 Å². The highest BCUT2D eigenvalue weighted by Gasteiger charge is 2.49. The van der Waals surface area contributed by atoms with Gasteiger partial charge >= 0.3 is 0 Å². The van der Waals surface area contributed by atoms with Crippen LogP contribution in [0.3, 0.4) is 0 Å². The van der Waals surface area contributed by atoms with Gasteiger partial charge in [-0.1, -0.05) is 0 Å². The molecule has 2 aliphatic heterocycles. The van der Waals surface area contributed by atoms with Gasteiger partial charge in [0.15, 0.2) is 0 Å². The predicted molar refractivity (Wildman–Crippen MR) is 73.6 cm³/mol. The fraction of sp³-hybridized carbons (Fsp3) is 0.667. The van der Waals surface area contributed by atoms with Crippen molar-refractivity contribution in [3.05, 3.63) is 12.4 Å². The first-order valence-corrected chi connectivity index (χ1v) is 8.38. The Kier molecular flexibility index (Phi) is 2.91. The molecule has 0 saturated carbocycles. The normalized spacial score (nSPS) is 27.9. The molecule has 2 saturated heterocycles. The largest absolute Gasteiger partial charge is 0.309 e. The van der Waals surface area contributed by atoms with Gasteiger partial charge in [0.2, 0.25) is 15.9 Å². The second-order valence-electron chi connectivity index (χ2n) is 5.88. The molecule has 20 heavy (non-hydrogen) atoms. The van der Waals surface area contributed by atoms with Gasteiger partial charge in [-0.05, 0) is 6.42 Å². The fourth-order valence-corrected chi connectivity index (χ4v) is 4.06. The number of sulfonamides is 1. The minimum atomic E-state index is -3.17. The van der Waals surface area contributed by atoms with Gasteiger partial charge in [0.25, 0.3) is 0 Å². The van der Waals surface area contributed by atoms with E-state index in [1.165, 1.54) is 10.6 Å². The summed E-state index contributed by atoms with van der Waals surface area (Å²) in [6.45, 7) is 1.52. The first-order valence-electron chi connectivity index (χ1n) is 6.53. The number of anilines is 1. The van der Waals surface area contributed by atoms with Crippen LogP contribution in [0.2, 0.25) is 0 Å². The highest BCUT2D eigenvalue weighted by Crippen LogP contribution is 2.42. The van der Waals surface area contributed by atoms with Gasteiger partial charge in [-0.3, -0.25) is 9.48 Å². The molecule has 0 radical (unpaired) electrons. The molecule has 110 valence electrons. The smallest absolute Gasteiger partial charge is 0.227 e. The molecule has 2 fully saturated rings. The SMILES string of the molecule is Cn1cc(N2CC3(CCN(S(C)(=O)=O)C3)CC2=O)cn1. The maximum atomic E-state index is 12.2. The minimum Gasteiger partial charge on any atom is -0.309 e. The van der Waals surface area contributed by atoms with Crippen LogP contribution in [0.5, 0.6) is 0 Å². The van der Waals surface area contributed by atoms with E-state index in [2.05, 4.69) is 5.10 Å². The summed E-state index contributed by atoms with van der Waals surface area (Å²) in [6.07, 6.45) is 5.85. The lowest BCUT2D eigenvalue weighted by atomic mass is 9.86. The van der Waals surface area contributed by atoms with Gasteiger partial charge in [0.05, 0.1) is 18.1 Å². The van der Waals surface area contributed by atoms with Gasteiger partial charge in [0, 0.05) is 44.7 Å². The maximum absolute atomic E-state index is 12.2. The summed E-state index contributed by atoms with van der Waals surface area (Å²) in [6, 6.07) is 0. The molecule has 1 spiro atoms. The third kappa shape index (κ3) is 2.22. The van der Waals surface area contributed by atoms with E-state index in [9.17, 15) is 13.2 Å². The molecule has 1 amide bonds. The van der Waals surface area contributed by atoms with Crippen molar-refractivity contribution in [2.24, 2.45) is 12.5 Å². The lowest BCUT2D eigenvalue weighted by Crippen LogP contribution is -2.33. The molecule has 8 heteroatoms. The Balaban J connectivity index is 1.81. The molecule has 3 rings (SSSR count). The van der Waals surface area contributed by atoms with Gasteiger partial charge in [-0.15, -0.1) is 0 Å². The Morgan fingerprint density at radius 1 is 1.35 bits per heavy atom. The van der Waals surface area contributed by atoms with Crippen molar-refractivity contribution in [2.75, 3.05) is 30.8 Å². The summed E-state index contributed by atoms with van der Waals surface area (Å²) < 4.78 is 26.4. The topological polar surface area (TPSA) is 75.5 Å². The predicted octanol–water partition coefficient (Wildman–Crippen LogP) is -0.191. The first kappa shape index (κ1) is 13.6. The van der Waals surface area contributed by atoms with Crippen LogP contribution in [0, 0.1) is 5.41 Å². The number of aromatic nitrogens is 2. The lowest BCUT2D eigenvalue weighted by Gasteiger charge is -2.22. The van der Waals surface area contributed by atoms with Crippen LogP contribution < -0.4 is 4.90 Å². The molecule has 0 aromatic carbocycles. The number of hydrogen-bond acceptors (Lipinski definition) is 4. The second-order valence-corrected chi connectivity index (χ2v) is 7.86. The summed E-state index contributed by atoms with van der Waals surface area (Å²) in [5.41, 5.74) is 0.544. The maximum Gasteiger partial charge on any atom is 0.227 e. The molecule has 7 nitrogen and oxygen atoms in total. The number of hydrogen-bond donors (Lipinski definition) is 0. The van der Waals surface area contributed by atoms with Crippen LogP contribution in [-0.2, 0) is 21.9 Å². The summed E-state index contributed by atoms with van der Waals surface area (Å²) in [4.78, 5) is 13.9. The lowest BCUT2D eigenvalue weighted by molar-refractivity contribution is -0.117. The summed E-state index contributed by atoms with van der Waals surface area (Å²) >= 11 is 0. The molecule has 2 aliphatic rings. The van der Waals surface area contributed by atoms with Gasteiger partial charge in [-0.25, -0.2) is 12.7 Å². The molecule has 1 atom stereocenters. The van der Waals surface area contributed by atoms with E-state index in [-0.39, 0.29) is 11.3 Å². The molecular weight excluding hydrogens is 280 g/mol. The van der Waals surface area contributed by atoms with Gasteiger partial charge < -0.3 is 4.90 Å². The standard InChI is InChI=1S/C12H18N4O3S/c1-14-7-10(6-13-14)16-9-12(5-11(16)17)3-4-15(8-12)20(2,18)19/h6-7H,3-5,8-9H2,1-2H3. The Morgan fingerprint density at radius 3 is 2.65 bits per heavy atom. The van der Waals surface area contributed by atoms with Crippen molar-refractivity contribution in [3.8, 4) is 0 Å². The van der Waals surface area contributed by atoms with Crippen LogP contribution in [0.1, 0.15) is 12.8 Å². The first-order chi connectivity index (χ1) is 9.29. The minimum absolute atomic E-state index is 0.0494. The van der Waals surface area contributed by atoms with Crippen molar-refractivity contribution >= 4 is 21.6 Å². The van der Waals surface area contributed by atoms with E-state index < -0.39 is 10.0 Å². The van der Waals surface area contributed by atoms with Crippen LogP contribution in [-0.4, -0.2) is 54.3 Å². The monoisotopic (exact) mass is 298 g/mol. The molecule has 0 N–H and O–H groups in total. The summed E-state index contributed by atoms with van der Waals surface area (Å²) in [5.74, 6) is 0.0494. The highest BCUT2D eigenvalue weighted by atomic mass is 32.2. The zero-order valence-corrected chi connectivity index (χ0v) is 12.4. The van der Waals surface area contributed by atoms with E-state index in [1.54, 1.807) is 29.0 Å². The third-order valence-corrected chi connectivity index (χ3v) is 5.45. The highest BCUT2D eigenvalue weighted by molar-refractivity contribution is 7.88. The summed E-state index contributed by atoms with van der Waals surface area (Å²) in [7, 11) is -1.37. The van der Waals surface area contributed by atoms with Gasteiger partial charge in [-0.2, -0.15) is 5.10 Å². The quantitative estimate of drug-likeness (QED) is 0.758. The van der Waals surface area contributed by atoms with E-state index in [0.717, 1.165) is 12.1 Å². The van der Waals surface area contributed by atoms with Crippen molar-refractivity contribution in [2.45, 2.75) is 12.8 Å². The Bertz CT molecular complexity index is 653. The average Bonchev–Trinajstić information content (AvgIpc) is 2.99. The Hall–Kier alpha value is -1.41. The average molecular weight is 298 g/mol. The molecular formula is C12H18N4O3S. The van der Waals surface area contributed by atoms with Crippen LogP contribution >= 0.6 is 0 Å². The molecule has 3 heterocycles. The molecule has 1 aromatic heterocycles. The van der Waals surface area contributed by atoms with E-state index in [4.69, 9.17) is 0 Å². The van der Waals surface area contributed by atoms with E-state index in [1.807, 2.05) is 0 Å². The number of amides is 1. The van der Waals surface area contributed by atoms with Crippen LogP contribution in [0.15, 0.2) is 12.4 Å². The van der Waals surface area contributed by atoms with Crippen molar-refractivity contribution in [3.63, 3.8) is 0 Å². The second kappa shape index (κ2) is 4.29. The molecule has 1 aromatic rings. The number of aryl methyl sites for hydroxylation is 1. The van der Waals surface area contributed by atoms with Crippen LogP contribution in [0.25, 0.3) is 0 Å². The Morgan fingerprint density at radius 2 is 2.10 bits per heavy atom. The zero-order chi connectivity index (χ0) is 14.5. The molecule has 0 aliphatic carbocycles. The van der Waals surface area contributed by atoms with E-state index in [0.29, 0.717) is 26.1 Å². The van der Waals surface area contributed by atoms with Crippen molar-refractivity contribution in [1.29, 1.82) is 0 Å². The Labute approximate surface area is 118 Å². The number of carbonyl (C=O) groups is 1. The third-order valence-electron chi connectivity index (χ3n) is 4.20. The van der Waals surface area contributed by atoms with E-state index >= 15 is 0 Å². The van der Waals surface area contributed by atoms with Crippen molar-refractivity contribution < 1.29 is 13.2 Å². The summed E-state index contributed by atoms with van der Waals surface area (Å²) in [5, 5.41) is 4.08.